The van der Waals surface area contributed by atoms with Gasteiger partial charge in [0.1, 0.15) is 15.1 Å². The van der Waals surface area contributed by atoms with E-state index in [1.165, 1.54) is 0 Å². The molecule has 3 nitrogen and oxygen atoms in total. The maximum Gasteiger partial charge on any atom is 0.265 e. The molecule has 0 unspecified atom stereocenters. The third-order valence-corrected chi connectivity index (χ3v) is 3.07. The lowest BCUT2D eigenvalue weighted by Gasteiger charge is -2.07. The van der Waals surface area contributed by atoms with Crippen molar-refractivity contribution in [2.45, 2.75) is 6.92 Å². The fraction of sp³-hybridized carbons (Fsp3) is 0.0833. The van der Waals surface area contributed by atoms with E-state index >= 15 is 0 Å². The van der Waals surface area contributed by atoms with Crippen molar-refractivity contribution in [3.63, 3.8) is 0 Å². The molecule has 0 aliphatic carbocycles. The van der Waals surface area contributed by atoms with Gasteiger partial charge in [-0.3, -0.25) is 4.79 Å². The minimum Gasteiger partial charge on any atom is -0.456 e. The Morgan fingerprint density at radius 2 is 1.94 bits per heavy atom. The van der Waals surface area contributed by atoms with Crippen LogP contribution in [-0.2, 0) is 0 Å². The second kappa shape index (κ2) is 4.69. The van der Waals surface area contributed by atoms with E-state index in [4.69, 9.17) is 4.74 Å². The summed E-state index contributed by atoms with van der Waals surface area (Å²) in [4.78, 5) is 14.2. The molecule has 0 aliphatic heterocycles. The van der Waals surface area contributed by atoms with Gasteiger partial charge in [-0.2, -0.15) is 0 Å². The summed E-state index contributed by atoms with van der Waals surface area (Å²) in [7, 11) is 0. The summed E-state index contributed by atoms with van der Waals surface area (Å²) in [5, 5.41) is 0. The van der Waals surface area contributed by atoms with Crippen molar-refractivity contribution in [1.82, 2.24) is 4.98 Å². The zero-order valence-electron chi connectivity index (χ0n) is 8.66. The molecule has 0 fully saturated rings. The molecular formula is C12H10INO2. The Balaban J connectivity index is 2.39. The van der Waals surface area contributed by atoms with E-state index in [2.05, 4.69) is 4.98 Å². The van der Waals surface area contributed by atoms with Crippen LogP contribution in [0.3, 0.4) is 0 Å². The smallest absolute Gasteiger partial charge is 0.265 e. The molecule has 82 valence electrons. The third-order valence-electron chi connectivity index (χ3n) is 2.04. The Kier molecular flexibility index (Phi) is 3.28. The quantitative estimate of drug-likeness (QED) is 0.862. The summed E-state index contributed by atoms with van der Waals surface area (Å²) in [5.41, 5.74) is 0.669. The Bertz CT molecular complexity index is 549. The van der Waals surface area contributed by atoms with Crippen LogP contribution in [0.25, 0.3) is 0 Å². The van der Waals surface area contributed by atoms with E-state index in [1.54, 1.807) is 0 Å². The molecule has 1 N–H and O–H groups in total. The number of aromatic nitrogens is 1. The summed E-state index contributed by atoms with van der Waals surface area (Å²) < 4.78 is 6.21. The van der Waals surface area contributed by atoms with Crippen LogP contribution in [0, 0.1) is 10.5 Å². The molecule has 16 heavy (non-hydrogen) atoms. The molecule has 0 atom stereocenters. The fourth-order valence-electron chi connectivity index (χ4n) is 1.33. The maximum atomic E-state index is 11.5. The van der Waals surface area contributed by atoms with Gasteiger partial charge in [0.2, 0.25) is 0 Å². The predicted octanol–water partition coefficient (Wildman–Crippen LogP) is 3.08. The van der Waals surface area contributed by atoms with Crippen LogP contribution in [-0.4, -0.2) is 4.98 Å². The highest BCUT2D eigenvalue weighted by molar-refractivity contribution is 14.1. The van der Waals surface area contributed by atoms with Crippen molar-refractivity contribution >= 4 is 22.6 Å². The molecule has 2 aromatic rings. The van der Waals surface area contributed by atoms with Crippen molar-refractivity contribution in [2.24, 2.45) is 0 Å². The van der Waals surface area contributed by atoms with Crippen molar-refractivity contribution in [1.29, 1.82) is 0 Å². The first-order chi connectivity index (χ1) is 7.66. The van der Waals surface area contributed by atoms with Gasteiger partial charge in [-0.1, -0.05) is 18.2 Å². The zero-order valence-corrected chi connectivity index (χ0v) is 10.8. The highest BCUT2D eigenvalue weighted by Crippen LogP contribution is 2.24. The first-order valence-electron chi connectivity index (χ1n) is 4.79. The number of benzene rings is 1. The average Bonchev–Trinajstić information content (AvgIpc) is 2.27. The topological polar surface area (TPSA) is 42.1 Å². The van der Waals surface area contributed by atoms with Crippen LogP contribution in [0.2, 0.25) is 0 Å². The number of hydrogen-bond acceptors (Lipinski definition) is 2. The Morgan fingerprint density at radius 3 is 2.62 bits per heavy atom. The minimum absolute atomic E-state index is 0.119. The van der Waals surface area contributed by atoms with E-state index in [9.17, 15) is 4.79 Å². The van der Waals surface area contributed by atoms with Crippen molar-refractivity contribution in [2.75, 3.05) is 0 Å². The number of H-pyrrole nitrogens is 1. The van der Waals surface area contributed by atoms with Crippen molar-refractivity contribution in [3.05, 3.63) is 56.0 Å². The molecule has 4 heteroatoms. The molecule has 0 bridgehead atoms. The first-order valence-corrected chi connectivity index (χ1v) is 5.87. The van der Waals surface area contributed by atoms with Gasteiger partial charge in [0.15, 0.2) is 0 Å². The predicted molar refractivity (Wildman–Crippen MR) is 71.0 cm³/mol. The number of rotatable bonds is 2. The first kappa shape index (κ1) is 11.2. The minimum atomic E-state index is -0.119. The highest BCUT2D eigenvalue weighted by atomic mass is 127. The Morgan fingerprint density at radius 1 is 1.25 bits per heavy atom. The van der Waals surface area contributed by atoms with Gasteiger partial charge in [-0.15, -0.1) is 0 Å². The molecule has 1 aromatic heterocycles. The third kappa shape index (κ3) is 2.44. The zero-order chi connectivity index (χ0) is 11.5. The van der Waals surface area contributed by atoms with Gasteiger partial charge in [-0.25, -0.2) is 0 Å². The number of aromatic amines is 1. The summed E-state index contributed by atoms with van der Waals surface area (Å²) in [6, 6.07) is 11.2. The lowest BCUT2D eigenvalue weighted by molar-refractivity contribution is 0.477. The van der Waals surface area contributed by atoms with E-state index in [1.807, 2.05) is 65.9 Å². The van der Waals surface area contributed by atoms with Gasteiger partial charge < -0.3 is 9.72 Å². The van der Waals surface area contributed by atoms with Gasteiger partial charge in [0.05, 0.1) is 0 Å². The largest absolute Gasteiger partial charge is 0.456 e. The van der Waals surface area contributed by atoms with Gasteiger partial charge in [0.25, 0.3) is 5.56 Å². The molecule has 0 spiro atoms. The van der Waals surface area contributed by atoms with Crippen molar-refractivity contribution in [3.8, 4) is 11.5 Å². The molecule has 0 saturated carbocycles. The molecule has 2 rings (SSSR count). The van der Waals surface area contributed by atoms with Crippen molar-refractivity contribution < 1.29 is 4.74 Å². The highest BCUT2D eigenvalue weighted by Gasteiger charge is 2.07. The summed E-state index contributed by atoms with van der Waals surface area (Å²) in [6.07, 6.45) is 0. The molecule has 0 amide bonds. The second-order valence-corrected chi connectivity index (χ2v) is 4.45. The van der Waals surface area contributed by atoms with Gasteiger partial charge in [0, 0.05) is 11.8 Å². The fourth-order valence-corrected chi connectivity index (χ4v) is 1.73. The van der Waals surface area contributed by atoms with Gasteiger partial charge in [-0.05, 0) is 41.6 Å². The number of pyridine rings is 1. The molecular weight excluding hydrogens is 317 g/mol. The molecule has 0 radical (unpaired) electrons. The molecule has 1 aromatic carbocycles. The number of aryl methyl sites for hydroxylation is 1. The van der Waals surface area contributed by atoms with E-state index in [0.717, 1.165) is 11.4 Å². The van der Waals surface area contributed by atoms with Crippen LogP contribution >= 0.6 is 22.6 Å². The standard InChI is InChI=1S/C12H10INO2/c1-8-7-10(11(13)12(15)14-8)16-9-5-3-2-4-6-9/h2-7H,1H3,(H,14,15). The number of ether oxygens (including phenoxy) is 1. The van der Waals surface area contributed by atoms with Crippen LogP contribution in [0.5, 0.6) is 11.5 Å². The van der Waals surface area contributed by atoms with E-state index in [0.29, 0.717) is 9.32 Å². The number of hydrogen-bond donors (Lipinski definition) is 1. The molecule has 0 saturated heterocycles. The molecule has 1 heterocycles. The summed E-state index contributed by atoms with van der Waals surface area (Å²) >= 11 is 1.98. The van der Waals surface area contributed by atoms with E-state index in [-0.39, 0.29) is 5.56 Å². The van der Waals surface area contributed by atoms with Crippen LogP contribution in [0.1, 0.15) is 5.69 Å². The normalized spacial score (nSPS) is 10.1. The maximum absolute atomic E-state index is 11.5. The lowest BCUT2D eigenvalue weighted by Crippen LogP contribution is -2.11. The second-order valence-electron chi connectivity index (χ2n) is 3.37. The number of nitrogens with one attached hydrogen (secondary N) is 1. The monoisotopic (exact) mass is 327 g/mol. The van der Waals surface area contributed by atoms with E-state index < -0.39 is 0 Å². The van der Waals surface area contributed by atoms with Crippen LogP contribution in [0.4, 0.5) is 0 Å². The van der Waals surface area contributed by atoms with Gasteiger partial charge >= 0.3 is 0 Å². The summed E-state index contributed by atoms with van der Waals surface area (Å²) in [5.74, 6) is 1.32. The average molecular weight is 327 g/mol. The Labute approximate surface area is 107 Å². The Hall–Kier alpha value is -1.30. The number of halogens is 1. The molecule has 0 aliphatic rings. The number of para-hydroxylation sites is 1. The van der Waals surface area contributed by atoms with Crippen LogP contribution in [0.15, 0.2) is 41.2 Å². The summed E-state index contributed by atoms with van der Waals surface area (Å²) in [6.45, 7) is 1.83. The lowest BCUT2D eigenvalue weighted by atomic mass is 10.3. The SMILES string of the molecule is Cc1cc(Oc2ccccc2)c(I)c(=O)[nH]1. The van der Waals surface area contributed by atoms with Crippen LogP contribution < -0.4 is 10.3 Å².